The van der Waals surface area contributed by atoms with Crippen molar-refractivity contribution >= 4 is 10.9 Å². The van der Waals surface area contributed by atoms with Crippen molar-refractivity contribution in [2.45, 2.75) is 52.4 Å². The van der Waals surface area contributed by atoms with Gasteiger partial charge in [-0.15, -0.1) is 0 Å². The van der Waals surface area contributed by atoms with Gasteiger partial charge in [-0.1, -0.05) is 96.1 Å². The summed E-state index contributed by atoms with van der Waals surface area (Å²) in [6.45, 7) is 14.3. The van der Waals surface area contributed by atoms with E-state index in [1.165, 1.54) is 16.7 Å². The van der Waals surface area contributed by atoms with Crippen LogP contribution >= 0.6 is 0 Å². The van der Waals surface area contributed by atoms with Crippen LogP contribution in [0.5, 0.6) is 0 Å². The minimum Gasteiger partial charge on any atom is -0.256 e. The molecule has 1 aliphatic rings. The van der Waals surface area contributed by atoms with E-state index in [9.17, 15) is 0 Å². The fraction of sp³-hybridized carbons (Fsp3) is 0.265. The molecule has 5 aromatic rings. The summed E-state index contributed by atoms with van der Waals surface area (Å²) in [6.07, 6.45) is 3.86. The van der Waals surface area contributed by atoms with Gasteiger partial charge in [0.25, 0.3) is 0 Å². The molecule has 1 aliphatic carbocycles. The third kappa shape index (κ3) is 3.52. The average molecular weight is 484 g/mol. The molecule has 0 bridgehead atoms. The lowest BCUT2D eigenvalue weighted by atomic mass is 9.59. The molecule has 3 heteroatoms. The Labute approximate surface area is 219 Å². The summed E-state index contributed by atoms with van der Waals surface area (Å²) in [5, 5.41) is 1.05. The highest BCUT2D eigenvalue weighted by Gasteiger charge is 2.56. The zero-order chi connectivity index (χ0) is 26.0. The Morgan fingerprint density at radius 2 is 1.27 bits per heavy atom. The number of hydrogen-bond acceptors (Lipinski definition) is 3. The van der Waals surface area contributed by atoms with Gasteiger partial charge in [0.15, 0.2) is 5.82 Å². The lowest BCUT2D eigenvalue weighted by Crippen LogP contribution is -2.42. The van der Waals surface area contributed by atoms with E-state index in [-0.39, 0.29) is 16.2 Å². The summed E-state index contributed by atoms with van der Waals surface area (Å²) >= 11 is 0. The van der Waals surface area contributed by atoms with Crippen LogP contribution in [-0.2, 0) is 10.8 Å². The Hall–Kier alpha value is -3.85. The van der Waals surface area contributed by atoms with Gasteiger partial charge in [-0.05, 0) is 57.2 Å². The van der Waals surface area contributed by atoms with E-state index in [1.54, 1.807) is 0 Å². The molecule has 0 radical (unpaired) electrons. The molecule has 3 nitrogen and oxygen atoms in total. The highest BCUT2D eigenvalue weighted by molar-refractivity contribution is 5.80. The van der Waals surface area contributed by atoms with E-state index >= 15 is 0 Å². The first-order valence-electron chi connectivity index (χ1n) is 13.0. The molecule has 6 rings (SSSR count). The summed E-state index contributed by atoms with van der Waals surface area (Å²) in [7, 11) is 0. The van der Waals surface area contributed by atoms with Gasteiger partial charge in [0.2, 0.25) is 0 Å². The molecular weight excluding hydrogens is 450 g/mol. The molecule has 0 N–H and O–H groups in total. The molecule has 0 unspecified atom stereocenters. The average Bonchev–Trinajstić information content (AvgIpc) is 3.02. The molecule has 0 aliphatic heterocycles. The smallest absolute Gasteiger partial charge is 0.159 e. The van der Waals surface area contributed by atoms with Gasteiger partial charge in [-0.25, -0.2) is 9.97 Å². The van der Waals surface area contributed by atoms with Crippen molar-refractivity contribution in [3.63, 3.8) is 0 Å². The van der Waals surface area contributed by atoms with E-state index in [0.717, 1.165) is 39.1 Å². The minimum absolute atomic E-state index is 0.0764. The molecule has 0 saturated carbocycles. The van der Waals surface area contributed by atoms with Gasteiger partial charge in [0.05, 0.1) is 11.2 Å². The zero-order valence-corrected chi connectivity index (χ0v) is 22.5. The SMILES string of the molecule is CC1(C)c2ccc(-c3ccc(-c4cccc(-c5ncc6ccccc6n5)c4)cn3)cc2C(C)(C)C1(C)C. The number of pyridine rings is 1. The van der Waals surface area contributed by atoms with Crippen LogP contribution in [-0.4, -0.2) is 15.0 Å². The number of aromatic nitrogens is 3. The molecule has 2 heterocycles. The molecule has 0 atom stereocenters. The molecular formula is C34H33N3. The zero-order valence-electron chi connectivity index (χ0n) is 22.5. The van der Waals surface area contributed by atoms with Crippen LogP contribution in [0.4, 0.5) is 0 Å². The van der Waals surface area contributed by atoms with Crippen molar-refractivity contribution in [3.05, 3.63) is 102 Å². The molecule has 0 spiro atoms. The minimum atomic E-state index is 0.0764. The number of fused-ring (bicyclic) bond motifs is 2. The second kappa shape index (κ2) is 8.08. The van der Waals surface area contributed by atoms with Crippen molar-refractivity contribution in [1.82, 2.24) is 15.0 Å². The molecule has 0 amide bonds. The van der Waals surface area contributed by atoms with Crippen molar-refractivity contribution in [1.29, 1.82) is 0 Å². The molecule has 184 valence electrons. The predicted octanol–water partition coefficient (Wildman–Crippen LogP) is 8.62. The van der Waals surface area contributed by atoms with E-state index in [4.69, 9.17) is 9.97 Å². The Kier molecular flexibility index (Phi) is 5.14. The van der Waals surface area contributed by atoms with E-state index in [1.807, 2.05) is 36.7 Å². The number of benzene rings is 3. The molecule has 37 heavy (non-hydrogen) atoms. The third-order valence-electron chi connectivity index (χ3n) is 9.49. The first-order valence-corrected chi connectivity index (χ1v) is 13.0. The predicted molar refractivity (Wildman–Crippen MR) is 153 cm³/mol. The first-order chi connectivity index (χ1) is 17.6. The van der Waals surface area contributed by atoms with Crippen LogP contribution < -0.4 is 0 Å². The Morgan fingerprint density at radius 1 is 0.541 bits per heavy atom. The number of rotatable bonds is 3. The fourth-order valence-corrected chi connectivity index (χ4v) is 5.90. The van der Waals surface area contributed by atoms with Crippen molar-refractivity contribution in [3.8, 4) is 33.8 Å². The summed E-state index contributed by atoms with van der Waals surface area (Å²) in [6, 6.07) is 27.7. The molecule has 2 aromatic heterocycles. The molecule has 0 saturated heterocycles. The Bertz CT molecular complexity index is 1640. The fourth-order valence-electron chi connectivity index (χ4n) is 5.90. The van der Waals surface area contributed by atoms with Gasteiger partial charge >= 0.3 is 0 Å². The summed E-state index contributed by atoms with van der Waals surface area (Å²) in [5.41, 5.74) is 9.54. The molecule has 0 fully saturated rings. The monoisotopic (exact) mass is 483 g/mol. The van der Waals surface area contributed by atoms with Crippen molar-refractivity contribution in [2.24, 2.45) is 5.41 Å². The highest BCUT2D eigenvalue weighted by Crippen LogP contribution is 2.61. The standard InChI is InChI=1S/C34H33N3/c1-32(2)27-16-14-23(19-28(27)33(3,4)34(32,5)6)29-17-15-25(20-35-29)22-11-9-12-24(18-22)31-36-21-26-10-7-8-13-30(26)37-31/h7-21H,1-6H3. The molecule has 3 aromatic carbocycles. The van der Waals surface area contributed by atoms with Gasteiger partial charge in [-0.3, -0.25) is 4.98 Å². The van der Waals surface area contributed by atoms with Crippen molar-refractivity contribution in [2.75, 3.05) is 0 Å². The summed E-state index contributed by atoms with van der Waals surface area (Å²) in [4.78, 5) is 14.3. The van der Waals surface area contributed by atoms with Gasteiger partial charge in [-0.2, -0.15) is 0 Å². The maximum Gasteiger partial charge on any atom is 0.159 e. The van der Waals surface area contributed by atoms with Gasteiger partial charge in [0, 0.05) is 34.5 Å². The van der Waals surface area contributed by atoms with Crippen molar-refractivity contribution < 1.29 is 0 Å². The lowest BCUT2D eigenvalue weighted by Gasteiger charge is -2.44. The largest absolute Gasteiger partial charge is 0.256 e. The van der Waals surface area contributed by atoms with Gasteiger partial charge < -0.3 is 0 Å². The van der Waals surface area contributed by atoms with Gasteiger partial charge in [0.1, 0.15) is 0 Å². The Morgan fingerprint density at radius 3 is 2.05 bits per heavy atom. The second-order valence-corrected chi connectivity index (χ2v) is 11.9. The van der Waals surface area contributed by atoms with Crippen LogP contribution in [0, 0.1) is 5.41 Å². The quantitative estimate of drug-likeness (QED) is 0.258. The number of nitrogens with zero attached hydrogens (tertiary/aromatic N) is 3. The number of hydrogen-bond donors (Lipinski definition) is 0. The van der Waals surface area contributed by atoms with Crippen LogP contribution in [0.2, 0.25) is 0 Å². The van der Waals surface area contributed by atoms with E-state index < -0.39 is 0 Å². The topological polar surface area (TPSA) is 38.7 Å². The first kappa shape index (κ1) is 23.5. The van der Waals surface area contributed by atoms with Crippen LogP contribution in [0.15, 0.2) is 91.3 Å². The van der Waals surface area contributed by atoms with Crippen LogP contribution in [0.1, 0.15) is 52.7 Å². The summed E-state index contributed by atoms with van der Waals surface area (Å²) < 4.78 is 0. The van der Waals surface area contributed by atoms with Crippen LogP contribution in [0.3, 0.4) is 0 Å². The lowest BCUT2D eigenvalue weighted by molar-refractivity contribution is 0.125. The van der Waals surface area contributed by atoms with E-state index in [0.29, 0.717) is 0 Å². The second-order valence-electron chi connectivity index (χ2n) is 11.9. The van der Waals surface area contributed by atoms with E-state index in [2.05, 4.69) is 101 Å². The maximum absolute atomic E-state index is 4.88. The summed E-state index contributed by atoms with van der Waals surface area (Å²) in [5.74, 6) is 0.733. The third-order valence-corrected chi connectivity index (χ3v) is 9.49. The maximum atomic E-state index is 4.88. The highest BCUT2D eigenvalue weighted by atomic mass is 14.9. The Balaban J connectivity index is 1.33. The van der Waals surface area contributed by atoms with Crippen LogP contribution in [0.25, 0.3) is 44.7 Å². The number of para-hydroxylation sites is 1. The normalized spacial score (nSPS) is 17.0.